The Morgan fingerprint density at radius 3 is 2.33 bits per heavy atom. The molecule has 0 aliphatic carbocycles. The highest BCUT2D eigenvalue weighted by Gasteiger charge is 1.99. The van der Waals surface area contributed by atoms with Crippen LogP contribution in [0.2, 0.25) is 0 Å². The van der Waals surface area contributed by atoms with Gasteiger partial charge in [0.25, 0.3) is 0 Å². The van der Waals surface area contributed by atoms with Gasteiger partial charge in [0.15, 0.2) is 0 Å². The molecule has 0 aliphatic rings. The summed E-state index contributed by atoms with van der Waals surface area (Å²) in [5, 5.41) is 6.50. The van der Waals surface area contributed by atoms with Crippen LogP contribution in [-0.2, 0) is 0 Å². The molecule has 0 radical (unpaired) electrons. The molecule has 0 bridgehead atoms. The van der Waals surface area contributed by atoms with Crippen LogP contribution in [0.5, 0.6) is 0 Å². The first-order chi connectivity index (χ1) is 8.80. The molecule has 0 saturated heterocycles. The first-order valence-corrected chi connectivity index (χ1v) is 6.82. The van der Waals surface area contributed by atoms with Crippen molar-refractivity contribution in [2.45, 2.75) is 27.2 Å². The molecule has 0 saturated carbocycles. The monoisotopic (exact) mass is 251 g/mol. The maximum Gasteiger partial charge on any atom is 0.131 e. The average molecular weight is 251 g/mol. The van der Waals surface area contributed by atoms with Crippen LogP contribution in [0.3, 0.4) is 0 Å². The summed E-state index contributed by atoms with van der Waals surface area (Å²) < 4.78 is 0. The Morgan fingerprint density at radius 2 is 1.72 bits per heavy atom. The van der Waals surface area contributed by atoms with Crippen LogP contribution in [0.1, 0.15) is 27.2 Å². The number of nitrogens with one attached hydrogen (secondary N) is 2. The molecule has 0 amide bonds. The van der Waals surface area contributed by atoms with Crippen LogP contribution in [-0.4, -0.2) is 47.6 Å². The van der Waals surface area contributed by atoms with Gasteiger partial charge in [-0.2, -0.15) is 0 Å². The van der Waals surface area contributed by atoms with Crippen molar-refractivity contribution >= 4 is 11.6 Å². The molecular weight excluding hydrogens is 226 g/mol. The number of hydrogen-bond acceptors (Lipinski definition) is 5. The summed E-state index contributed by atoms with van der Waals surface area (Å²) in [5.41, 5.74) is 0. The van der Waals surface area contributed by atoms with Gasteiger partial charge in [-0.15, -0.1) is 0 Å². The normalized spacial score (nSPS) is 10.7. The fraction of sp³-hybridized carbons (Fsp3) is 0.692. The highest BCUT2D eigenvalue weighted by Crippen LogP contribution is 2.07. The predicted molar refractivity (Wildman–Crippen MR) is 77.1 cm³/mol. The molecule has 0 fully saturated rings. The third-order valence-corrected chi connectivity index (χ3v) is 2.88. The highest BCUT2D eigenvalue weighted by molar-refractivity contribution is 5.46. The van der Waals surface area contributed by atoms with Gasteiger partial charge in [-0.1, -0.05) is 13.8 Å². The van der Waals surface area contributed by atoms with E-state index in [1.54, 1.807) is 6.33 Å². The van der Waals surface area contributed by atoms with E-state index in [0.717, 1.165) is 50.8 Å². The lowest BCUT2D eigenvalue weighted by Gasteiger charge is -2.17. The van der Waals surface area contributed by atoms with E-state index >= 15 is 0 Å². The van der Waals surface area contributed by atoms with Crippen molar-refractivity contribution in [2.75, 3.05) is 43.4 Å². The van der Waals surface area contributed by atoms with Gasteiger partial charge in [0.1, 0.15) is 18.0 Å². The highest BCUT2D eigenvalue weighted by atomic mass is 15.1. The first-order valence-electron chi connectivity index (χ1n) is 6.82. The quantitative estimate of drug-likeness (QED) is 0.658. The zero-order valence-corrected chi connectivity index (χ0v) is 11.7. The van der Waals surface area contributed by atoms with Crippen LogP contribution >= 0.6 is 0 Å². The molecule has 1 heterocycles. The van der Waals surface area contributed by atoms with E-state index in [-0.39, 0.29) is 0 Å². The van der Waals surface area contributed by atoms with Crippen molar-refractivity contribution in [3.05, 3.63) is 12.4 Å². The van der Waals surface area contributed by atoms with Crippen molar-refractivity contribution in [3.63, 3.8) is 0 Å². The molecule has 0 aromatic carbocycles. The Hall–Kier alpha value is -1.36. The minimum absolute atomic E-state index is 0.873. The fourth-order valence-corrected chi connectivity index (χ4v) is 1.79. The van der Waals surface area contributed by atoms with Crippen molar-refractivity contribution in [1.82, 2.24) is 14.9 Å². The number of aromatic nitrogens is 2. The maximum atomic E-state index is 4.20. The molecular formula is C13H25N5. The Bertz CT molecular complexity index is 325. The third kappa shape index (κ3) is 5.31. The van der Waals surface area contributed by atoms with E-state index in [9.17, 15) is 0 Å². The Balaban J connectivity index is 2.28. The van der Waals surface area contributed by atoms with Gasteiger partial charge in [-0.25, -0.2) is 9.97 Å². The van der Waals surface area contributed by atoms with Crippen LogP contribution in [0.15, 0.2) is 12.4 Å². The van der Waals surface area contributed by atoms with E-state index in [4.69, 9.17) is 0 Å². The second-order valence-electron chi connectivity index (χ2n) is 4.13. The molecule has 5 nitrogen and oxygen atoms in total. The van der Waals surface area contributed by atoms with Gasteiger partial charge in [-0.05, 0) is 33.0 Å². The number of hydrogen-bond donors (Lipinski definition) is 2. The van der Waals surface area contributed by atoms with Crippen LogP contribution < -0.4 is 10.6 Å². The van der Waals surface area contributed by atoms with E-state index < -0.39 is 0 Å². The largest absolute Gasteiger partial charge is 0.370 e. The summed E-state index contributed by atoms with van der Waals surface area (Å²) >= 11 is 0. The second kappa shape index (κ2) is 8.69. The van der Waals surface area contributed by atoms with E-state index in [0.29, 0.717) is 0 Å². The average Bonchev–Trinajstić information content (AvgIpc) is 2.40. The lowest BCUT2D eigenvalue weighted by Crippen LogP contribution is -2.25. The Kier molecular flexibility index (Phi) is 7.10. The maximum absolute atomic E-state index is 4.20. The number of nitrogens with zero attached hydrogens (tertiary/aromatic N) is 3. The lowest BCUT2D eigenvalue weighted by atomic mass is 10.3. The SMILES string of the molecule is CCNc1cc(NCCCN(CC)CC)ncn1. The van der Waals surface area contributed by atoms with Gasteiger partial charge in [0, 0.05) is 19.2 Å². The molecule has 1 aromatic rings. The third-order valence-electron chi connectivity index (χ3n) is 2.88. The van der Waals surface area contributed by atoms with Crippen molar-refractivity contribution < 1.29 is 0 Å². The van der Waals surface area contributed by atoms with Crippen LogP contribution in [0.4, 0.5) is 11.6 Å². The minimum Gasteiger partial charge on any atom is -0.370 e. The zero-order chi connectivity index (χ0) is 13.2. The standard InChI is InChI=1S/C13H25N5/c1-4-14-12-10-13(17-11-16-12)15-8-7-9-18(5-2)6-3/h10-11H,4-9H2,1-3H3,(H2,14,15,16,17). The molecule has 0 spiro atoms. The van der Waals surface area contributed by atoms with Gasteiger partial charge >= 0.3 is 0 Å². The van der Waals surface area contributed by atoms with Gasteiger partial charge in [-0.3, -0.25) is 0 Å². The van der Waals surface area contributed by atoms with Gasteiger partial charge < -0.3 is 15.5 Å². The molecule has 1 aromatic heterocycles. The van der Waals surface area contributed by atoms with Crippen LogP contribution in [0.25, 0.3) is 0 Å². The first kappa shape index (κ1) is 14.7. The summed E-state index contributed by atoms with van der Waals surface area (Å²) in [6, 6.07) is 1.95. The smallest absolute Gasteiger partial charge is 0.131 e. The molecule has 102 valence electrons. The number of rotatable bonds is 9. The number of anilines is 2. The Morgan fingerprint density at radius 1 is 1.06 bits per heavy atom. The second-order valence-corrected chi connectivity index (χ2v) is 4.13. The van der Waals surface area contributed by atoms with Crippen molar-refractivity contribution in [2.24, 2.45) is 0 Å². The topological polar surface area (TPSA) is 53.1 Å². The summed E-state index contributed by atoms with van der Waals surface area (Å²) in [5.74, 6) is 1.76. The molecule has 18 heavy (non-hydrogen) atoms. The predicted octanol–water partition coefficient (Wildman–Crippen LogP) is 2.05. The van der Waals surface area contributed by atoms with Crippen LogP contribution in [0, 0.1) is 0 Å². The van der Waals surface area contributed by atoms with E-state index in [1.807, 2.05) is 6.07 Å². The summed E-state index contributed by atoms with van der Waals surface area (Å²) in [7, 11) is 0. The molecule has 0 unspecified atom stereocenters. The van der Waals surface area contributed by atoms with Crippen molar-refractivity contribution in [3.8, 4) is 0 Å². The molecule has 2 N–H and O–H groups in total. The van der Waals surface area contributed by atoms with Gasteiger partial charge in [0.2, 0.25) is 0 Å². The van der Waals surface area contributed by atoms with Gasteiger partial charge in [0.05, 0.1) is 0 Å². The van der Waals surface area contributed by atoms with E-state index in [2.05, 4.69) is 46.3 Å². The minimum atomic E-state index is 0.873. The van der Waals surface area contributed by atoms with E-state index in [1.165, 1.54) is 0 Å². The lowest BCUT2D eigenvalue weighted by molar-refractivity contribution is 0.303. The fourth-order valence-electron chi connectivity index (χ4n) is 1.79. The van der Waals surface area contributed by atoms with Crippen molar-refractivity contribution in [1.29, 1.82) is 0 Å². The molecule has 0 atom stereocenters. The Labute approximate surface area is 110 Å². The molecule has 1 rings (SSSR count). The molecule has 0 aliphatic heterocycles. The summed E-state index contributed by atoms with van der Waals surface area (Å²) in [6.45, 7) is 11.6. The summed E-state index contributed by atoms with van der Waals surface area (Å²) in [4.78, 5) is 10.8. The molecule has 5 heteroatoms. The summed E-state index contributed by atoms with van der Waals surface area (Å²) in [6.07, 6.45) is 2.72. The zero-order valence-electron chi connectivity index (χ0n) is 11.7.